The molecular weight excluding hydrogens is 360 g/mol. The van der Waals surface area contributed by atoms with Crippen LogP contribution in [0.1, 0.15) is 34.5 Å². The number of rotatable bonds is 4. The zero-order chi connectivity index (χ0) is 18.2. The molecule has 2 aromatic rings. The van der Waals surface area contributed by atoms with Crippen molar-refractivity contribution < 1.29 is 22.4 Å². The summed E-state index contributed by atoms with van der Waals surface area (Å²) in [6.45, 7) is 0.0982. The van der Waals surface area contributed by atoms with E-state index < -0.39 is 28.9 Å². The molecule has 0 radical (unpaired) electrons. The molecule has 0 atom stereocenters. The van der Waals surface area contributed by atoms with Crippen molar-refractivity contribution in [1.82, 2.24) is 10.3 Å². The number of benzene rings is 1. The Kier molecular flexibility index (Phi) is 4.45. The van der Waals surface area contributed by atoms with Gasteiger partial charge in [0.05, 0.1) is 10.6 Å². The molecule has 3 rings (SSSR count). The Morgan fingerprint density at radius 1 is 1.28 bits per heavy atom. The van der Waals surface area contributed by atoms with Crippen molar-refractivity contribution in [2.45, 2.75) is 24.4 Å². The average Bonchev–Trinajstić information content (AvgIpc) is 3.33. The van der Waals surface area contributed by atoms with Crippen LogP contribution in [0.3, 0.4) is 0 Å². The van der Waals surface area contributed by atoms with Gasteiger partial charge in [-0.05, 0) is 42.7 Å². The molecule has 1 aliphatic rings. The molecule has 0 unspecified atom stereocenters. The minimum Gasteiger partial charge on any atom is -0.350 e. The summed E-state index contributed by atoms with van der Waals surface area (Å²) < 4.78 is 52.1. The summed E-state index contributed by atoms with van der Waals surface area (Å²) in [5.41, 5.74) is -1.50. The summed E-state index contributed by atoms with van der Waals surface area (Å²) in [5, 5.41) is 2.82. The van der Waals surface area contributed by atoms with Crippen molar-refractivity contribution in [2.24, 2.45) is 0 Å². The Morgan fingerprint density at radius 2 is 2.00 bits per heavy atom. The lowest BCUT2D eigenvalue weighted by molar-refractivity contribution is -0.137. The monoisotopic (exact) mass is 372 g/mol. The highest BCUT2D eigenvalue weighted by Gasteiger charge is 2.46. The zero-order valence-corrected chi connectivity index (χ0v) is 13.6. The molecule has 0 saturated heterocycles. The van der Waals surface area contributed by atoms with E-state index in [2.05, 4.69) is 10.3 Å². The second kappa shape index (κ2) is 6.29. The maximum absolute atomic E-state index is 14.2. The number of hydrogen-bond donors (Lipinski definition) is 1. The smallest absolute Gasteiger partial charge is 0.350 e. The van der Waals surface area contributed by atoms with Crippen molar-refractivity contribution in [3.63, 3.8) is 0 Å². The highest BCUT2D eigenvalue weighted by atomic mass is 35.5. The maximum atomic E-state index is 14.2. The van der Waals surface area contributed by atoms with Crippen molar-refractivity contribution >= 4 is 17.5 Å². The van der Waals surface area contributed by atoms with Gasteiger partial charge in [-0.15, -0.1) is 0 Å². The fraction of sp³-hybridized carbons (Fsp3) is 0.294. The van der Waals surface area contributed by atoms with Gasteiger partial charge in [-0.1, -0.05) is 17.7 Å². The van der Waals surface area contributed by atoms with Gasteiger partial charge >= 0.3 is 6.18 Å². The minimum atomic E-state index is -4.60. The number of carbonyl (C=O) groups is 1. The number of amides is 1. The minimum absolute atomic E-state index is 0.0489. The second-order valence-corrected chi connectivity index (χ2v) is 6.40. The Balaban J connectivity index is 1.75. The summed E-state index contributed by atoms with van der Waals surface area (Å²) in [4.78, 5) is 16.0. The van der Waals surface area contributed by atoms with Crippen LogP contribution in [0.15, 0.2) is 36.5 Å². The van der Waals surface area contributed by atoms with Gasteiger partial charge in [0.25, 0.3) is 5.91 Å². The Bertz CT molecular complexity index is 819. The van der Waals surface area contributed by atoms with Gasteiger partial charge in [-0.2, -0.15) is 13.2 Å². The van der Waals surface area contributed by atoms with Crippen LogP contribution < -0.4 is 5.32 Å². The molecule has 1 heterocycles. The van der Waals surface area contributed by atoms with Crippen LogP contribution in [0, 0.1) is 5.82 Å². The average molecular weight is 373 g/mol. The third-order valence-electron chi connectivity index (χ3n) is 4.28. The van der Waals surface area contributed by atoms with Crippen LogP contribution in [-0.2, 0) is 11.6 Å². The number of carbonyl (C=O) groups excluding carboxylic acids is 1. The van der Waals surface area contributed by atoms with Gasteiger partial charge < -0.3 is 5.32 Å². The van der Waals surface area contributed by atoms with Crippen LogP contribution in [0.25, 0.3) is 0 Å². The fourth-order valence-electron chi connectivity index (χ4n) is 2.70. The molecule has 1 fully saturated rings. The normalized spacial score (nSPS) is 15.7. The number of pyridine rings is 1. The predicted molar refractivity (Wildman–Crippen MR) is 83.9 cm³/mol. The van der Waals surface area contributed by atoms with E-state index in [1.165, 1.54) is 12.3 Å². The highest BCUT2D eigenvalue weighted by Crippen LogP contribution is 2.49. The molecule has 0 spiro atoms. The van der Waals surface area contributed by atoms with E-state index in [0.29, 0.717) is 18.9 Å². The van der Waals surface area contributed by atoms with Gasteiger partial charge in [0.15, 0.2) is 0 Å². The van der Waals surface area contributed by atoms with Gasteiger partial charge in [0.2, 0.25) is 0 Å². The number of nitrogens with zero attached hydrogens (tertiary/aromatic N) is 1. The fourth-order valence-corrected chi connectivity index (χ4v) is 2.91. The SMILES string of the molecule is O=C(NCC1(c2ccc(C(F)(F)F)cc2F)CC1)c1ncccc1Cl. The van der Waals surface area contributed by atoms with Crippen LogP contribution in [0.5, 0.6) is 0 Å². The molecule has 3 nitrogen and oxygen atoms in total. The summed E-state index contributed by atoms with van der Waals surface area (Å²) in [6.07, 6.45) is -2.03. The van der Waals surface area contributed by atoms with E-state index in [0.717, 1.165) is 12.1 Å². The van der Waals surface area contributed by atoms with Crippen LogP contribution in [-0.4, -0.2) is 17.4 Å². The van der Waals surface area contributed by atoms with Crippen molar-refractivity contribution in [1.29, 1.82) is 0 Å². The third-order valence-corrected chi connectivity index (χ3v) is 4.59. The van der Waals surface area contributed by atoms with E-state index in [-0.39, 0.29) is 22.8 Å². The molecule has 25 heavy (non-hydrogen) atoms. The van der Waals surface area contributed by atoms with Gasteiger partial charge in [0, 0.05) is 18.2 Å². The summed E-state index contributed by atoms with van der Waals surface area (Å²) in [7, 11) is 0. The van der Waals surface area contributed by atoms with E-state index in [4.69, 9.17) is 11.6 Å². The van der Waals surface area contributed by atoms with Crippen molar-refractivity contribution in [3.8, 4) is 0 Å². The molecule has 1 aromatic heterocycles. The molecule has 1 aliphatic carbocycles. The number of nitrogens with one attached hydrogen (secondary N) is 1. The first-order chi connectivity index (χ1) is 11.7. The van der Waals surface area contributed by atoms with Crippen molar-refractivity contribution in [2.75, 3.05) is 6.54 Å². The van der Waals surface area contributed by atoms with Crippen molar-refractivity contribution in [3.05, 3.63) is 64.2 Å². The summed E-state index contributed by atoms with van der Waals surface area (Å²) in [5.74, 6) is -1.43. The molecule has 132 valence electrons. The number of alkyl halides is 3. The Morgan fingerprint density at radius 3 is 2.56 bits per heavy atom. The van der Waals surface area contributed by atoms with E-state index in [9.17, 15) is 22.4 Å². The lowest BCUT2D eigenvalue weighted by Gasteiger charge is -2.18. The molecule has 1 N–H and O–H groups in total. The van der Waals surface area contributed by atoms with Gasteiger partial charge in [-0.25, -0.2) is 9.37 Å². The number of halogens is 5. The van der Waals surface area contributed by atoms with Gasteiger partial charge in [-0.3, -0.25) is 4.79 Å². The lowest BCUT2D eigenvalue weighted by Crippen LogP contribution is -2.33. The molecular formula is C17H13ClF4N2O. The number of aromatic nitrogens is 1. The standard InChI is InChI=1S/C17H13ClF4N2O/c18-12-2-1-7-23-14(12)15(25)24-9-16(5-6-16)11-4-3-10(8-13(11)19)17(20,21)22/h1-4,7-8H,5-6,9H2,(H,24,25). The Hall–Kier alpha value is -2.15. The molecule has 1 amide bonds. The Labute approximate surface area is 146 Å². The molecule has 0 bridgehead atoms. The maximum Gasteiger partial charge on any atom is 0.416 e. The molecule has 0 aliphatic heterocycles. The summed E-state index contributed by atoms with van der Waals surface area (Å²) in [6, 6.07) is 5.60. The lowest BCUT2D eigenvalue weighted by atomic mass is 9.94. The van der Waals surface area contributed by atoms with E-state index >= 15 is 0 Å². The topological polar surface area (TPSA) is 42.0 Å². The van der Waals surface area contributed by atoms with Crippen LogP contribution in [0.2, 0.25) is 5.02 Å². The number of hydrogen-bond acceptors (Lipinski definition) is 2. The first-order valence-electron chi connectivity index (χ1n) is 7.49. The van der Waals surface area contributed by atoms with E-state index in [1.807, 2.05) is 0 Å². The predicted octanol–water partition coefficient (Wildman–Crippen LogP) is 4.35. The van der Waals surface area contributed by atoms with E-state index in [1.54, 1.807) is 6.07 Å². The summed E-state index contributed by atoms with van der Waals surface area (Å²) >= 11 is 5.90. The first kappa shape index (κ1) is 17.7. The third kappa shape index (κ3) is 3.61. The highest BCUT2D eigenvalue weighted by molar-refractivity contribution is 6.33. The molecule has 1 saturated carbocycles. The quantitative estimate of drug-likeness (QED) is 0.810. The zero-order valence-electron chi connectivity index (χ0n) is 12.8. The van der Waals surface area contributed by atoms with Crippen LogP contribution >= 0.6 is 11.6 Å². The van der Waals surface area contributed by atoms with Crippen LogP contribution in [0.4, 0.5) is 17.6 Å². The molecule has 1 aromatic carbocycles. The first-order valence-corrected chi connectivity index (χ1v) is 7.87. The molecule has 8 heteroatoms. The second-order valence-electron chi connectivity index (χ2n) is 5.99. The van der Waals surface area contributed by atoms with Gasteiger partial charge in [0.1, 0.15) is 11.5 Å². The largest absolute Gasteiger partial charge is 0.416 e.